The van der Waals surface area contributed by atoms with Gasteiger partial charge in [-0.25, -0.2) is 4.99 Å². The maximum atomic E-state index is 5.27. The van der Waals surface area contributed by atoms with Gasteiger partial charge in [-0.3, -0.25) is 0 Å². The van der Waals surface area contributed by atoms with Gasteiger partial charge in [0, 0.05) is 6.42 Å². The maximum absolute atomic E-state index is 5.27. The van der Waals surface area contributed by atoms with Crippen molar-refractivity contribution in [2.45, 2.75) is 6.42 Å². The minimum Gasteiger partial charge on any atom is -0.395 e. The lowest BCUT2D eigenvalue weighted by atomic mass is 10.1. The Kier molecular flexibility index (Phi) is 2.53. The van der Waals surface area contributed by atoms with E-state index in [1.807, 2.05) is 24.3 Å². The van der Waals surface area contributed by atoms with Gasteiger partial charge in [0.2, 0.25) is 0 Å². The van der Waals surface area contributed by atoms with Crippen LogP contribution < -0.4 is 11.5 Å². The molecule has 5 nitrogen and oxygen atoms in total. The van der Waals surface area contributed by atoms with Crippen LogP contribution in [0.15, 0.2) is 34.4 Å². The summed E-state index contributed by atoms with van der Waals surface area (Å²) < 4.78 is 0. The third kappa shape index (κ3) is 2.25. The zero-order valence-electron chi connectivity index (χ0n) is 8.18. The van der Waals surface area contributed by atoms with Gasteiger partial charge in [-0.05, 0) is 17.7 Å². The lowest BCUT2D eigenvalue weighted by Crippen LogP contribution is -2.21. The summed E-state index contributed by atoms with van der Waals surface area (Å²) in [5, 5.41) is 3.93. The summed E-state index contributed by atoms with van der Waals surface area (Å²) in [4.78, 5) is 8.85. The highest BCUT2D eigenvalue weighted by molar-refractivity contribution is 6.01. The molecule has 2 rings (SSSR count). The van der Waals surface area contributed by atoms with Gasteiger partial charge in [-0.1, -0.05) is 17.3 Å². The normalized spacial score (nSPS) is 14.3. The van der Waals surface area contributed by atoms with Crippen molar-refractivity contribution in [1.29, 1.82) is 0 Å². The van der Waals surface area contributed by atoms with Gasteiger partial charge in [-0.15, -0.1) is 0 Å². The van der Waals surface area contributed by atoms with Crippen molar-refractivity contribution >= 4 is 17.4 Å². The van der Waals surface area contributed by atoms with E-state index in [1.165, 1.54) is 0 Å². The molecule has 1 aromatic carbocycles. The second-order valence-electron chi connectivity index (χ2n) is 3.20. The van der Waals surface area contributed by atoms with E-state index < -0.39 is 0 Å². The molecule has 0 fully saturated rings. The third-order valence-corrected chi connectivity index (χ3v) is 2.06. The number of hydrogen-bond donors (Lipinski definition) is 2. The molecule has 1 heterocycles. The number of hydrogen-bond acceptors (Lipinski definition) is 3. The highest BCUT2D eigenvalue weighted by Crippen LogP contribution is 2.16. The third-order valence-electron chi connectivity index (χ3n) is 2.06. The van der Waals surface area contributed by atoms with Crippen LogP contribution in [0.2, 0.25) is 0 Å². The fraction of sp³-hybridized carbons (Fsp3) is 0.200. The van der Waals surface area contributed by atoms with E-state index in [1.54, 1.807) is 0 Å². The van der Waals surface area contributed by atoms with Gasteiger partial charge in [0.1, 0.15) is 6.61 Å². The molecule has 0 amide bonds. The lowest BCUT2D eigenvalue weighted by molar-refractivity contribution is 0.174. The summed E-state index contributed by atoms with van der Waals surface area (Å²) in [7, 11) is 0. The monoisotopic (exact) mass is 204 g/mol. The standard InChI is InChI=1S/C10H12N4O/c11-10(12)13-8-3-1-7(2-4-8)9-5-6-15-14-9/h1-4H,5-6H2,(H4,11,12,13). The SMILES string of the molecule is NC(N)=Nc1ccc(C2=NOCC2)cc1. The fourth-order valence-corrected chi connectivity index (χ4v) is 1.39. The van der Waals surface area contributed by atoms with Crippen molar-refractivity contribution in [2.75, 3.05) is 6.61 Å². The van der Waals surface area contributed by atoms with Gasteiger partial charge in [0.25, 0.3) is 0 Å². The molecule has 1 aliphatic heterocycles. The number of aliphatic imine (C=N–C) groups is 1. The smallest absolute Gasteiger partial charge is 0.191 e. The molecule has 1 aliphatic rings. The second-order valence-corrected chi connectivity index (χ2v) is 3.20. The van der Waals surface area contributed by atoms with E-state index in [2.05, 4.69) is 10.1 Å². The summed E-state index contributed by atoms with van der Waals surface area (Å²) in [6.45, 7) is 0.658. The van der Waals surface area contributed by atoms with Crippen LogP contribution in [-0.4, -0.2) is 18.3 Å². The van der Waals surface area contributed by atoms with Crippen LogP contribution in [0, 0.1) is 0 Å². The van der Waals surface area contributed by atoms with E-state index in [9.17, 15) is 0 Å². The molecule has 0 atom stereocenters. The van der Waals surface area contributed by atoms with E-state index in [4.69, 9.17) is 16.3 Å². The molecule has 0 saturated heterocycles. The fourth-order valence-electron chi connectivity index (χ4n) is 1.39. The first-order valence-corrected chi connectivity index (χ1v) is 4.64. The predicted octanol–water partition coefficient (Wildman–Crippen LogP) is 0.716. The predicted molar refractivity (Wildman–Crippen MR) is 59.0 cm³/mol. The van der Waals surface area contributed by atoms with Crippen molar-refractivity contribution in [1.82, 2.24) is 0 Å². The molecule has 0 bridgehead atoms. The number of nitrogens with two attached hydrogens (primary N) is 2. The van der Waals surface area contributed by atoms with Gasteiger partial charge in [0.05, 0.1) is 11.4 Å². The van der Waals surface area contributed by atoms with E-state index >= 15 is 0 Å². The largest absolute Gasteiger partial charge is 0.395 e. The maximum Gasteiger partial charge on any atom is 0.191 e. The Morgan fingerprint density at radius 3 is 2.53 bits per heavy atom. The molecule has 78 valence electrons. The van der Waals surface area contributed by atoms with Crippen LogP contribution in [0.5, 0.6) is 0 Å². The van der Waals surface area contributed by atoms with Crippen molar-refractivity contribution in [3.63, 3.8) is 0 Å². The van der Waals surface area contributed by atoms with Crippen molar-refractivity contribution in [3.05, 3.63) is 29.8 Å². The zero-order valence-corrected chi connectivity index (χ0v) is 8.18. The Hall–Kier alpha value is -2.04. The van der Waals surface area contributed by atoms with Crippen molar-refractivity contribution < 1.29 is 4.84 Å². The molecule has 1 aromatic rings. The lowest BCUT2D eigenvalue weighted by Gasteiger charge is -1.99. The second kappa shape index (κ2) is 4.00. The average molecular weight is 204 g/mol. The Morgan fingerprint density at radius 2 is 2.00 bits per heavy atom. The van der Waals surface area contributed by atoms with Crippen LogP contribution in [0.4, 0.5) is 5.69 Å². The molecule has 5 heteroatoms. The molecule has 0 aliphatic carbocycles. The summed E-state index contributed by atoms with van der Waals surface area (Å²) in [5.74, 6) is 0.0595. The molecule has 0 spiro atoms. The number of oxime groups is 1. The van der Waals surface area contributed by atoms with Gasteiger partial charge in [0.15, 0.2) is 5.96 Å². The van der Waals surface area contributed by atoms with E-state index in [0.717, 1.165) is 23.4 Å². The number of benzene rings is 1. The molecular formula is C10H12N4O. The van der Waals surface area contributed by atoms with Crippen LogP contribution in [0.25, 0.3) is 0 Å². The van der Waals surface area contributed by atoms with E-state index in [0.29, 0.717) is 6.61 Å². The molecule has 0 radical (unpaired) electrons. The summed E-state index contributed by atoms with van der Waals surface area (Å²) in [6, 6.07) is 7.54. The molecule has 0 aromatic heterocycles. The average Bonchev–Trinajstić information content (AvgIpc) is 2.71. The number of guanidine groups is 1. The minimum atomic E-state index is 0.0595. The van der Waals surface area contributed by atoms with E-state index in [-0.39, 0.29) is 5.96 Å². The van der Waals surface area contributed by atoms with Crippen molar-refractivity contribution in [2.24, 2.45) is 21.6 Å². The first-order valence-electron chi connectivity index (χ1n) is 4.64. The molecular weight excluding hydrogens is 192 g/mol. The number of nitrogens with zero attached hydrogens (tertiary/aromatic N) is 2. The zero-order chi connectivity index (χ0) is 10.7. The number of rotatable bonds is 2. The Bertz CT molecular complexity index is 404. The summed E-state index contributed by atoms with van der Waals surface area (Å²) >= 11 is 0. The molecule has 15 heavy (non-hydrogen) atoms. The van der Waals surface area contributed by atoms with Crippen LogP contribution in [-0.2, 0) is 4.84 Å². The van der Waals surface area contributed by atoms with Gasteiger partial charge >= 0.3 is 0 Å². The topological polar surface area (TPSA) is 86.0 Å². The quantitative estimate of drug-likeness (QED) is 0.549. The highest BCUT2D eigenvalue weighted by atomic mass is 16.6. The Morgan fingerprint density at radius 1 is 1.27 bits per heavy atom. The molecule has 4 N–H and O–H groups in total. The minimum absolute atomic E-state index is 0.0595. The molecule has 0 unspecified atom stereocenters. The molecule has 0 saturated carbocycles. The first kappa shape index (κ1) is 9.51. The summed E-state index contributed by atoms with van der Waals surface area (Å²) in [6.07, 6.45) is 0.849. The highest BCUT2D eigenvalue weighted by Gasteiger charge is 2.09. The Balaban J connectivity index is 2.20. The summed E-state index contributed by atoms with van der Waals surface area (Å²) in [5.41, 5.74) is 13.3. The van der Waals surface area contributed by atoms with Crippen LogP contribution in [0.3, 0.4) is 0 Å². The van der Waals surface area contributed by atoms with Gasteiger partial charge < -0.3 is 16.3 Å². The Labute approximate surface area is 87.4 Å². The van der Waals surface area contributed by atoms with Crippen LogP contribution in [0.1, 0.15) is 12.0 Å². The van der Waals surface area contributed by atoms with Crippen molar-refractivity contribution in [3.8, 4) is 0 Å². The van der Waals surface area contributed by atoms with Gasteiger partial charge in [-0.2, -0.15) is 0 Å². The van der Waals surface area contributed by atoms with Crippen LogP contribution >= 0.6 is 0 Å². The first-order chi connectivity index (χ1) is 7.25.